The molecule has 2 aliphatic rings. The predicted molar refractivity (Wildman–Crippen MR) is 106 cm³/mol. The molecule has 2 aliphatic heterocycles. The molecule has 2 aromatic heterocycles. The number of hydrogen-bond donors (Lipinski definition) is 2. The second kappa shape index (κ2) is 10.9. The molecule has 0 amide bonds. The highest BCUT2D eigenvalue weighted by atomic mass is 16.5. The number of ether oxygens (including phenoxy) is 2. The van der Waals surface area contributed by atoms with Crippen LogP contribution in [0, 0.1) is 0 Å². The number of rotatable bonds is 4. The average molecular weight is 388 g/mol. The third kappa shape index (κ3) is 5.87. The van der Waals surface area contributed by atoms with E-state index in [1.807, 2.05) is 24.3 Å². The van der Waals surface area contributed by atoms with Crippen molar-refractivity contribution in [3.63, 3.8) is 0 Å². The van der Waals surface area contributed by atoms with E-state index in [9.17, 15) is 0 Å². The summed E-state index contributed by atoms with van der Waals surface area (Å²) in [6.45, 7) is 6.75. The molecule has 2 aromatic rings. The molecule has 0 aliphatic carbocycles. The minimum absolute atomic E-state index is 0.0520. The zero-order chi connectivity index (χ0) is 19.6. The Balaban J connectivity index is 0.000000161. The van der Waals surface area contributed by atoms with Crippen LogP contribution in [0.5, 0.6) is 0 Å². The van der Waals surface area contributed by atoms with Crippen LogP contribution < -0.4 is 9.80 Å². The lowest BCUT2D eigenvalue weighted by Gasteiger charge is -2.27. The molecule has 152 valence electrons. The van der Waals surface area contributed by atoms with Crippen LogP contribution in [0.15, 0.2) is 36.7 Å². The van der Waals surface area contributed by atoms with Crippen molar-refractivity contribution >= 4 is 11.6 Å². The van der Waals surface area contributed by atoms with E-state index in [-0.39, 0.29) is 13.2 Å². The van der Waals surface area contributed by atoms with Gasteiger partial charge in [-0.3, -0.25) is 0 Å². The van der Waals surface area contributed by atoms with E-state index >= 15 is 0 Å². The van der Waals surface area contributed by atoms with Crippen LogP contribution in [0.4, 0.5) is 11.6 Å². The smallest absolute Gasteiger partial charge is 0.128 e. The van der Waals surface area contributed by atoms with E-state index in [4.69, 9.17) is 19.7 Å². The van der Waals surface area contributed by atoms with E-state index in [2.05, 4.69) is 19.8 Å². The highest BCUT2D eigenvalue weighted by Crippen LogP contribution is 2.13. The summed E-state index contributed by atoms with van der Waals surface area (Å²) in [6.07, 6.45) is 3.43. The quantitative estimate of drug-likeness (QED) is 0.796. The van der Waals surface area contributed by atoms with Gasteiger partial charge in [0.15, 0.2) is 0 Å². The predicted octanol–water partition coefficient (Wildman–Crippen LogP) is 0.821. The van der Waals surface area contributed by atoms with E-state index in [0.29, 0.717) is 0 Å². The first-order valence-corrected chi connectivity index (χ1v) is 9.57. The molecule has 2 N–H and O–H groups in total. The largest absolute Gasteiger partial charge is 0.392 e. The van der Waals surface area contributed by atoms with Gasteiger partial charge in [-0.25, -0.2) is 9.97 Å². The Hall–Kier alpha value is -2.26. The Kier molecular flexibility index (Phi) is 7.98. The van der Waals surface area contributed by atoms with Crippen molar-refractivity contribution < 1.29 is 19.7 Å². The van der Waals surface area contributed by atoms with Crippen molar-refractivity contribution in [2.45, 2.75) is 13.2 Å². The normalized spacial score (nSPS) is 17.1. The van der Waals surface area contributed by atoms with Crippen molar-refractivity contribution in [3.05, 3.63) is 47.8 Å². The molecular weight excluding hydrogens is 360 g/mol. The first kappa shape index (κ1) is 20.5. The Morgan fingerprint density at radius 2 is 1.07 bits per heavy atom. The minimum Gasteiger partial charge on any atom is -0.392 e. The van der Waals surface area contributed by atoms with Crippen LogP contribution in [0.3, 0.4) is 0 Å². The summed E-state index contributed by atoms with van der Waals surface area (Å²) in [5.41, 5.74) is 1.70. The molecule has 4 heterocycles. The van der Waals surface area contributed by atoms with Crippen molar-refractivity contribution in [1.29, 1.82) is 0 Å². The number of aliphatic hydroxyl groups excluding tert-OH is 2. The molecule has 0 saturated carbocycles. The second-order valence-electron chi connectivity index (χ2n) is 6.56. The fourth-order valence-electron chi connectivity index (χ4n) is 2.98. The standard InChI is InChI=1S/2C10H14N2O2/c2*13-8-9-1-2-10(11-7-9)12-3-5-14-6-4-12/h2*1-2,7,13H,3-6,8H2. The number of nitrogens with zero attached hydrogens (tertiary/aromatic N) is 4. The molecular formula is C20H28N4O4. The Morgan fingerprint density at radius 1 is 0.679 bits per heavy atom. The third-order valence-electron chi connectivity index (χ3n) is 4.65. The fourth-order valence-corrected chi connectivity index (χ4v) is 2.98. The van der Waals surface area contributed by atoms with Gasteiger partial charge in [0.25, 0.3) is 0 Å². The lowest BCUT2D eigenvalue weighted by molar-refractivity contribution is 0.122. The van der Waals surface area contributed by atoms with E-state index in [0.717, 1.165) is 75.4 Å². The van der Waals surface area contributed by atoms with Crippen molar-refractivity contribution in [3.8, 4) is 0 Å². The van der Waals surface area contributed by atoms with Crippen LogP contribution >= 0.6 is 0 Å². The monoisotopic (exact) mass is 388 g/mol. The van der Waals surface area contributed by atoms with Crippen molar-refractivity contribution in [2.24, 2.45) is 0 Å². The summed E-state index contributed by atoms with van der Waals surface area (Å²) >= 11 is 0. The second-order valence-corrected chi connectivity index (χ2v) is 6.56. The maximum absolute atomic E-state index is 8.87. The number of aromatic nitrogens is 2. The molecule has 0 radical (unpaired) electrons. The van der Waals surface area contributed by atoms with Crippen LogP contribution in [0.1, 0.15) is 11.1 Å². The van der Waals surface area contributed by atoms with E-state index in [1.165, 1.54) is 0 Å². The van der Waals surface area contributed by atoms with Gasteiger partial charge in [-0.05, 0) is 23.3 Å². The van der Waals surface area contributed by atoms with Gasteiger partial charge in [-0.15, -0.1) is 0 Å². The summed E-state index contributed by atoms with van der Waals surface area (Å²) in [7, 11) is 0. The molecule has 2 fully saturated rings. The SMILES string of the molecule is OCc1ccc(N2CCOCC2)nc1.OCc1ccc(N2CCOCC2)nc1. The number of morpholine rings is 2. The molecule has 0 atom stereocenters. The Bertz CT molecular complexity index is 623. The number of aliphatic hydroxyl groups is 2. The van der Waals surface area contributed by atoms with Gasteiger partial charge >= 0.3 is 0 Å². The lowest BCUT2D eigenvalue weighted by Crippen LogP contribution is -2.36. The zero-order valence-corrected chi connectivity index (χ0v) is 16.0. The molecule has 0 aromatic carbocycles. The first-order chi connectivity index (χ1) is 13.8. The molecule has 8 heteroatoms. The van der Waals surface area contributed by atoms with Crippen LogP contribution in [0.2, 0.25) is 0 Å². The highest BCUT2D eigenvalue weighted by Gasteiger charge is 2.12. The molecule has 0 unspecified atom stereocenters. The summed E-state index contributed by atoms with van der Waals surface area (Å²) in [4.78, 5) is 12.9. The Morgan fingerprint density at radius 3 is 1.36 bits per heavy atom. The van der Waals surface area contributed by atoms with Gasteiger partial charge in [0.05, 0.1) is 39.6 Å². The summed E-state index contributed by atoms with van der Waals surface area (Å²) in [5.74, 6) is 1.93. The maximum atomic E-state index is 8.87. The number of pyridine rings is 2. The average Bonchev–Trinajstić information content (AvgIpc) is 2.81. The Labute approximate surface area is 165 Å². The van der Waals surface area contributed by atoms with Gasteiger partial charge < -0.3 is 29.5 Å². The summed E-state index contributed by atoms with van der Waals surface area (Å²) in [5, 5.41) is 17.7. The van der Waals surface area contributed by atoms with Gasteiger partial charge in [0, 0.05) is 38.6 Å². The molecule has 28 heavy (non-hydrogen) atoms. The topological polar surface area (TPSA) is 91.2 Å². The van der Waals surface area contributed by atoms with Gasteiger partial charge in [0.2, 0.25) is 0 Å². The van der Waals surface area contributed by atoms with Gasteiger partial charge in [-0.1, -0.05) is 12.1 Å². The molecule has 8 nitrogen and oxygen atoms in total. The van der Waals surface area contributed by atoms with Crippen LogP contribution in [-0.2, 0) is 22.7 Å². The minimum atomic E-state index is 0.0520. The molecule has 4 rings (SSSR count). The molecule has 2 saturated heterocycles. The van der Waals surface area contributed by atoms with E-state index in [1.54, 1.807) is 12.4 Å². The van der Waals surface area contributed by atoms with Gasteiger partial charge in [-0.2, -0.15) is 0 Å². The van der Waals surface area contributed by atoms with Crippen molar-refractivity contribution in [2.75, 3.05) is 62.4 Å². The van der Waals surface area contributed by atoms with E-state index < -0.39 is 0 Å². The maximum Gasteiger partial charge on any atom is 0.128 e. The summed E-state index contributed by atoms with van der Waals surface area (Å²) < 4.78 is 10.5. The number of anilines is 2. The fraction of sp³-hybridized carbons (Fsp3) is 0.500. The van der Waals surface area contributed by atoms with Crippen molar-refractivity contribution in [1.82, 2.24) is 9.97 Å². The number of hydrogen-bond acceptors (Lipinski definition) is 8. The van der Waals surface area contributed by atoms with Gasteiger partial charge in [0.1, 0.15) is 11.6 Å². The molecule has 0 bridgehead atoms. The van der Waals surface area contributed by atoms with Crippen LogP contribution in [0.25, 0.3) is 0 Å². The third-order valence-corrected chi connectivity index (χ3v) is 4.65. The summed E-state index contributed by atoms with van der Waals surface area (Å²) in [6, 6.07) is 7.68. The molecule has 0 spiro atoms. The van der Waals surface area contributed by atoms with Crippen LogP contribution in [-0.4, -0.2) is 72.8 Å². The zero-order valence-electron chi connectivity index (χ0n) is 16.0. The highest BCUT2D eigenvalue weighted by molar-refractivity contribution is 5.40. The first-order valence-electron chi connectivity index (χ1n) is 9.57. The lowest BCUT2D eigenvalue weighted by atomic mass is 10.3.